The van der Waals surface area contributed by atoms with Gasteiger partial charge in [-0.2, -0.15) is 0 Å². The fraction of sp³-hybridized carbons (Fsp3) is 0.120. The number of hydrogen-bond acceptors (Lipinski definition) is 5. The Bertz CT molecular complexity index is 1200. The highest BCUT2D eigenvalue weighted by Gasteiger charge is 2.17. The third-order valence-corrected chi connectivity index (χ3v) is 5.87. The summed E-state index contributed by atoms with van der Waals surface area (Å²) in [5.74, 6) is 1.41. The number of amides is 1. The molecule has 7 heteroatoms. The third kappa shape index (κ3) is 5.28. The molecule has 1 aromatic heterocycles. The number of aromatic nitrogens is 1. The minimum Gasteiger partial charge on any atom is -0.457 e. The predicted molar refractivity (Wildman–Crippen MR) is 130 cm³/mol. The second kappa shape index (κ2) is 9.85. The third-order valence-electron chi connectivity index (χ3n) is 4.59. The zero-order chi connectivity index (χ0) is 22.5. The molecule has 32 heavy (non-hydrogen) atoms. The van der Waals surface area contributed by atoms with E-state index in [9.17, 15) is 4.79 Å². The van der Waals surface area contributed by atoms with Gasteiger partial charge in [0.2, 0.25) is 0 Å². The zero-order valence-electron chi connectivity index (χ0n) is 17.6. The fourth-order valence-electron chi connectivity index (χ4n) is 3.00. The van der Waals surface area contributed by atoms with E-state index >= 15 is 0 Å². The Labute approximate surface area is 195 Å². The number of hydrogen-bond donors (Lipinski definition) is 1. The van der Waals surface area contributed by atoms with E-state index in [4.69, 9.17) is 26.1 Å². The maximum absolute atomic E-state index is 12.1. The van der Waals surface area contributed by atoms with Crippen LogP contribution >= 0.6 is 22.9 Å². The smallest absolute Gasteiger partial charge is 0.412 e. The monoisotopic (exact) mass is 464 g/mol. The predicted octanol–water partition coefficient (Wildman–Crippen LogP) is 7.80. The Kier molecular flexibility index (Phi) is 6.73. The standard InChI is InChI=1S/C25H21ClN2O3S/c1-3-30-25(29)28-24-22(17-6-4-16(2)5-7-17)27-23(32-24)18-8-12-20(13-9-18)31-21-14-10-19(26)11-15-21/h4-15H,3H2,1-2H3,(H,28,29). The number of carbonyl (C=O) groups is 1. The van der Waals surface area contributed by atoms with Crippen LogP contribution in [-0.2, 0) is 4.74 Å². The molecule has 0 aliphatic heterocycles. The molecule has 5 nitrogen and oxygen atoms in total. The van der Waals surface area contributed by atoms with Crippen molar-refractivity contribution in [2.24, 2.45) is 0 Å². The number of carbonyl (C=O) groups excluding carboxylic acids is 1. The Balaban J connectivity index is 1.61. The summed E-state index contributed by atoms with van der Waals surface area (Å²) in [5, 5.41) is 4.91. The normalized spacial score (nSPS) is 10.6. The van der Waals surface area contributed by atoms with E-state index in [0.717, 1.165) is 21.7 Å². The van der Waals surface area contributed by atoms with Gasteiger partial charge in [-0.05, 0) is 62.4 Å². The summed E-state index contributed by atoms with van der Waals surface area (Å²) in [6.07, 6.45) is -0.497. The first-order valence-corrected chi connectivity index (χ1v) is 11.3. The van der Waals surface area contributed by atoms with Crippen LogP contribution in [0.1, 0.15) is 12.5 Å². The van der Waals surface area contributed by atoms with Crippen molar-refractivity contribution in [2.75, 3.05) is 11.9 Å². The number of ether oxygens (including phenoxy) is 2. The lowest BCUT2D eigenvalue weighted by atomic mass is 10.1. The largest absolute Gasteiger partial charge is 0.457 e. The van der Waals surface area contributed by atoms with Crippen LogP contribution in [0.15, 0.2) is 72.8 Å². The number of rotatable bonds is 6. The average molecular weight is 465 g/mol. The van der Waals surface area contributed by atoms with Crippen LogP contribution < -0.4 is 10.1 Å². The molecule has 0 aliphatic rings. The first-order chi connectivity index (χ1) is 15.5. The van der Waals surface area contributed by atoms with Gasteiger partial charge in [0.05, 0.1) is 6.61 Å². The summed E-state index contributed by atoms with van der Waals surface area (Å²) >= 11 is 7.32. The number of anilines is 1. The van der Waals surface area contributed by atoms with Crippen molar-refractivity contribution in [3.8, 4) is 33.3 Å². The second-order valence-corrected chi connectivity index (χ2v) is 8.42. The SMILES string of the molecule is CCOC(=O)Nc1sc(-c2ccc(Oc3ccc(Cl)cc3)cc2)nc1-c1ccc(C)cc1. The summed E-state index contributed by atoms with van der Waals surface area (Å²) in [5.41, 5.74) is 3.70. The van der Waals surface area contributed by atoms with Crippen molar-refractivity contribution in [2.45, 2.75) is 13.8 Å². The molecular formula is C25H21ClN2O3S. The van der Waals surface area contributed by atoms with E-state index in [1.54, 1.807) is 19.1 Å². The molecule has 3 aromatic carbocycles. The number of thiazole rings is 1. The highest BCUT2D eigenvalue weighted by molar-refractivity contribution is 7.19. The van der Waals surface area contributed by atoms with E-state index < -0.39 is 6.09 Å². The second-order valence-electron chi connectivity index (χ2n) is 6.99. The van der Waals surface area contributed by atoms with Gasteiger partial charge in [0.1, 0.15) is 27.2 Å². The zero-order valence-corrected chi connectivity index (χ0v) is 19.2. The maximum atomic E-state index is 12.1. The van der Waals surface area contributed by atoms with E-state index in [1.807, 2.05) is 67.6 Å². The van der Waals surface area contributed by atoms with Gasteiger partial charge < -0.3 is 9.47 Å². The first-order valence-electron chi connectivity index (χ1n) is 10.1. The number of benzene rings is 3. The quantitative estimate of drug-likeness (QED) is 0.316. The van der Waals surface area contributed by atoms with Gasteiger partial charge >= 0.3 is 6.09 Å². The molecule has 0 aliphatic carbocycles. The van der Waals surface area contributed by atoms with Crippen molar-refractivity contribution in [1.29, 1.82) is 0 Å². The van der Waals surface area contributed by atoms with Crippen molar-refractivity contribution in [3.05, 3.63) is 83.4 Å². The molecule has 0 radical (unpaired) electrons. The maximum Gasteiger partial charge on any atom is 0.412 e. The van der Waals surface area contributed by atoms with E-state index in [2.05, 4.69) is 5.32 Å². The molecule has 0 fully saturated rings. The van der Waals surface area contributed by atoms with Crippen LogP contribution in [0.25, 0.3) is 21.8 Å². The molecule has 0 bridgehead atoms. The van der Waals surface area contributed by atoms with Gasteiger partial charge in [-0.25, -0.2) is 9.78 Å². The number of aryl methyl sites for hydroxylation is 1. The minimum absolute atomic E-state index is 0.298. The van der Waals surface area contributed by atoms with Gasteiger partial charge in [0.25, 0.3) is 0 Å². The number of nitrogens with one attached hydrogen (secondary N) is 1. The van der Waals surface area contributed by atoms with E-state index in [1.165, 1.54) is 11.3 Å². The van der Waals surface area contributed by atoms with Gasteiger partial charge in [0.15, 0.2) is 0 Å². The fourth-order valence-corrected chi connectivity index (χ4v) is 4.10. The molecule has 1 heterocycles. The highest BCUT2D eigenvalue weighted by Crippen LogP contribution is 2.38. The molecule has 4 rings (SSSR count). The van der Waals surface area contributed by atoms with Crippen LogP contribution in [-0.4, -0.2) is 17.7 Å². The van der Waals surface area contributed by atoms with Crippen molar-refractivity contribution in [3.63, 3.8) is 0 Å². The van der Waals surface area contributed by atoms with Crippen LogP contribution in [0.5, 0.6) is 11.5 Å². The van der Waals surface area contributed by atoms with Crippen molar-refractivity contribution in [1.82, 2.24) is 4.98 Å². The summed E-state index contributed by atoms with van der Waals surface area (Å²) in [4.78, 5) is 16.9. The van der Waals surface area contributed by atoms with Crippen LogP contribution in [0.2, 0.25) is 5.02 Å². The van der Waals surface area contributed by atoms with Crippen LogP contribution in [0, 0.1) is 6.92 Å². The molecule has 0 spiro atoms. The summed E-state index contributed by atoms with van der Waals surface area (Å²) in [6, 6.07) is 22.9. The average Bonchev–Trinajstić information content (AvgIpc) is 3.20. The van der Waals surface area contributed by atoms with Gasteiger partial charge in [-0.1, -0.05) is 52.8 Å². The number of halogens is 1. The van der Waals surface area contributed by atoms with E-state index in [0.29, 0.717) is 33.8 Å². The Morgan fingerprint density at radius 2 is 1.53 bits per heavy atom. The number of nitrogens with zero attached hydrogens (tertiary/aromatic N) is 1. The molecule has 1 N–H and O–H groups in total. The lowest BCUT2D eigenvalue weighted by Gasteiger charge is -2.06. The molecule has 4 aromatic rings. The molecule has 0 unspecified atom stereocenters. The van der Waals surface area contributed by atoms with Gasteiger partial charge in [0, 0.05) is 16.1 Å². The summed E-state index contributed by atoms with van der Waals surface area (Å²) in [7, 11) is 0. The van der Waals surface area contributed by atoms with Crippen LogP contribution in [0.4, 0.5) is 9.80 Å². The van der Waals surface area contributed by atoms with Crippen LogP contribution in [0.3, 0.4) is 0 Å². The molecule has 0 atom stereocenters. The van der Waals surface area contributed by atoms with Gasteiger partial charge in [-0.15, -0.1) is 0 Å². The summed E-state index contributed by atoms with van der Waals surface area (Å²) < 4.78 is 10.9. The molecular weight excluding hydrogens is 444 g/mol. The molecule has 0 saturated carbocycles. The first kappa shape index (κ1) is 21.9. The molecule has 1 amide bonds. The van der Waals surface area contributed by atoms with Gasteiger partial charge in [-0.3, -0.25) is 5.32 Å². The Morgan fingerprint density at radius 3 is 2.16 bits per heavy atom. The Hall–Kier alpha value is -3.35. The highest BCUT2D eigenvalue weighted by atomic mass is 35.5. The molecule has 0 saturated heterocycles. The summed E-state index contributed by atoms with van der Waals surface area (Å²) in [6.45, 7) is 4.10. The lowest BCUT2D eigenvalue weighted by Crippen LogP contribution is -2.12. The molecule has 162 valence electrons. The minimum atomic E-state index is -0.497. The topological polar surface area (TPSA) is 60.5 Å². The van der Waals surface area contributed by atoms with Crippen molar-refractivity contribution < 1.29 is 14.3 Å². The van der Waals surface area contributed by atoms with E-state index in [-0.39, 0.29) is 0 Å². The Morgan fingerprint density at radius 1 is 0.938 bits per heavy atom. The lowest BCUT2D eigenvalue weighted by molar-refractivity contribution is 0.168. The van der Waals surface area contributed by atoms with Crippen molar-refractivity contribution >= 4 is 34.0 Å².